The van der Waals surface area contributed by atoms with Crippen molar-refractivity contribution >= 4 is 17.3 Å². The van der Waals surface area contributed by atoms with E-state index in [9.17, 15) is 4.79 Å². The number of aryl methyl sites for hydroxylation is 2. The summed E-state index contributed by atoms with van der Waals surface area (Å²) in [6.45, 7) is 6.83. The summed E-state index contributed by atoms with van der Waals surface area (Å²) < 4.78 is 0. The second-order valence-corrected chi connectivity index (χ2v) is 5.35. The molecule has 2 aromatic rings. The number of nitrogens with two attached hydrogens (primary N) is 1. The monoisotopic (exact) mass is 282 g/mol. The maximum Gasteiger partial charge on any atom is 0.258 e. The van der Waals surface area contributed by atoms with Crippen LogP contribution >= 0.6 is 0 Å². The van der Waals surface area contributed by atoms with Crippen LogP contribution in [0, 0.1) is 13.8 Å². The van der Waals surface area contributed by atoms with Crippen LogP contribution in [0.1, 0.15) is 34.8 Å². The van der Waals surface area contributed by atoms with Gasteiger partial charge in [-0.1, -0.05) is 13.0 Å². The highest BCUT2D eigenvalue weighted by atomic mass is 16.2. The minimum Gasteiger partial charge on any atom is -0.399 e. The van der Waals surface area contributed by atoms with Gasteiger partial charge in [0.15, 0.2) is 0 Å². The Bertz CT molecular complexity index is 632. The van der Waals surface area contributed by atoms with Gasteiger partial charge in [0.1, 0.15) is 0 Å². The van der Waals surface area contributed by atoms with Crippen LogP contribution in [0.3, 0.4) is 0 Å². The minimum atomic E-state index is 0.0321. The number of hydrogen-bond donors (Lipinski definition) is 1. The average molecular weight is 282 g/mol. The van der Waals surface area contributed by atoms with Gasteiger partial charge in [0.2, 0.25) is 0 Å². The predicted molar refractivity (Wildman–Crippen MR) is 88.7 cm³/mol. The Morgan fingerprint density at radius 1 is 1.05 bits per heavy atom. The number of carbonyl (C=O) groups is 1. The van der Waals surface area contributed by atoms with Crippen molar-refractivity contribution in [2.24, 2.45) is 0 Å². The molecule has 2 N–H and O–H groups in total. The number of nitrogen functional groups attached to an aromatic ring is 1. The van der Waals surface area contributed by atoms with Gasteiger partial charge in [0.05, 0.1) is 0 Å². The van der Waals surface area contributed by atoms with Gasteiger partial charge in [-0.25, -0.2) is 0 Å². The Labute approximate surface area is 126 Å². The number of nitrogens with zero attached hydrogens (tertiary/aromatic N) is 1. The molecule has 1 amide bonds. The highest BCUT2D eigenvalue weighted by molar-refractivity contribution is 6.06. The molecule has 0 aliphatic heterocycles. The van der Waals surface area contributed by atoms with Gasteiger partial charge in [-0.2, -0.15) is 0 Å². The molecule has 0 aliphatic rings. The molecule has 0 spiro atoms. The molecular weight excluding hydrogens is 260 g/mol. The Kier molecular flexibility index (Phi) is 4.63. The lowest BCUT2D eigenvalue weighted by Crippen LogP contribution is -2.31. The smallest absolute Gasteiger partial charge is 0.258 e. The van der Waals surface area contributed by atoms with Crippen molar-refractivity contribution in [3.8, 4) is 0 Å². The SMILES string of the molecule is CCCN(C(=O)c1ccc(C)c(C)c1)c1ccc(N)cc1. The summed E-state index contributed by atoms with van der Waals surface area (Å²) in [5.74, 6) is 0.0321. The maximum atomic E-state index is 12.8. The topological polar surface area (TPSA) is 46.3 Å². The van der Waals surface area contributed by atoms with E-state index in [2.05, 4.69) is 6.92 Å². The Balaban J connectivity index is 2.34. The average Bonchev–Trinajstić information content (AvgIpc) is 2.48. The maximum absolute atomic E-state index is 12.8. The van der Waals surface area contributed by atoms with Crippen molar-refractivity contribution in [1.82, 2.24) is 0 Å². The van der Waals surface area contributed by atoms with Crippen LogP contribution in [0.5, 0.6) is 0 Å². The van der Waals surface area contributed by atoms with E-state index in [1.807, 2.05) is 61.2 Å². The molecule has 0 aliphatic carbocycles. The lowest BCUT2D eigenvalue weighted by molar-refractivity contribution is 0.0987. The van der Waals surface area contributed by atoms with Crippen LogP contribution in [0.2, 0.25) is 0 Å². The molecule has 0 unspecified atom stereocenters. The highest BCUT2D eigenvalue weighted by Gasteiger charge is 2.17. The molecule has 2 aromatic carbocycles. The Morgan fingerprint density at radius 3 is 2.29 bits per heavy atom. The van der Waals surface area contributed by atoms with Gasteiger partial charge in [0, 0.05) is 23.5 Å². The Morgan fingerprint density at radius 2 is 1.71 bits per heavy atom. The van der Waals surface area contributed by atoms with Gasteiger partial charge in [-0.05, 0) is 67.8 Å². The molecule has 0 radical (unpaired) electrons. The van der Waals surface area contributed by atoms with E-state index in [4.69, 9.17) is 5.73 Å². The van der Waals surface area contributed by atoms with Crippen molar-refractivity contribution in [3.63, 3.8) is 0 Å². The fraction of sp³-hybridized carbons (Fsp3) is 0.278. The fourth-order valence-electron chi connectivity index (χ4n) is 2.26. The van der Waals surface area contributed by atoms with Crippen LogP contribution in [0.25, 0.3) is 0 Å². The van der Waals surface area contributed by atoms with E-state index in [1.54, 1.807) is 0 Å². The zero-order chi connectivity index (χ0) is 15.4. The lowest BCUT2D eigenvalue weighted by Gasteiger charge is -2.23. The third kappa shape index (κ3) is 3.43. The first-order chi connectivity index (χ1) is 10.0. The largest absolute Gasteiger partial charge is 0.399 e. The predicted octanol–water partition coefficient (Wildman–Crippen LogP) is 3.94. The van der Waals surface area contributed by atoms with Gasteiger partial charge in [-0.3, -0.25) is 4.79 Å². The number of anilines is 2. The molecule has 21 heavy (non-hydrogen) atoms. The third-order valence-corrected chi connectivity index (χ3v) is 3.65. The Hall–Kier alpha value is -2.29. The second-order valence-electron chi connectivity index (χ2n) is 5.35. The summed E-state index contributed by atoms with van der Waals surface area (Å²) in [5, 5.41) is 0. The molecular formula is C18H22N2O. The summed E-state index contributed by atoms with van der Waals surface area (Å²) in [7, 11) is 0. The summed E-state index contributed by atoms with van der Waals surface area (Å²) in [5.41, 5.74) is 10.4. The first kappa shape index (κ1) is 15.1. The number of carbonyl (C=O) groups excluding carboxylic acids is 1. The summed E-state index contributed by atoms with van der Waals surface area (Å²) in [4.78, 5) is 14.6. The number of benzene rings is 2. The molecule has 0 heterocycles. The molecule has 0 atom stereocenters. The van der Waals surface area contributed by atoms with Crippen molar-refractivity contribution in [3.05, 3.63) is 59.2 Å². The molecule has 0 aromatic heterocycles. The highest BCUT2D eigenvalue weighted by Crippen LogP contribution is 2.20. The fourth-order valence-corrected chi connectivity index (χ4v) is 2.26. The van der Waals surface area contributed by atoms with Crippen molar-refractivity contribution < 1.29 is 4.79 Å². The first-order valence-corrected chi connectivity index (χ1v) is 7.27. The molecule has 0 fully saturated rings. The lowest BCUT2D eigenvalue weighted by atomic mass is 10.1. The van der Waals surface area contributed by atoms with Gasteiger partial charge >= 0.3 is 0 Å². The van der Waals surface area contributed by atoms with Crippen molar-refractivity contribution in [2.75, 3.05) is 17.2 Å². The van der Waals surface area contributed by atoms with Gasteiger partial charge in [-0.15, -0.1) is 0 Å². The second kappa shape index (κ2) is 6.44. The number of amides is 1. The summed E-state index contributed by atoms with van der Waals surface area (Å²) >= 11 is 0. The number of hydrogen-bond acceptors (Lipinski definition) is 2. The van der Waals surface area contributed by atoms with Crippen molar-refractivity contribution in [1.29, 1.82) is 0 Å². The third-order valence-electron chi connectivity index (χ3n) is 3.65. The van der Waals surface area contributed by atoms with E-state index in [0.29, 0.717) is 12.2 Å². The van der Waals surface area contributed by atoms with E-state index in [0.717, 1.165) is 23.2 Å². The van der Waals surface area contributed by atoms with Gasteiger partial charge in [0.25, 0.3) is 5.91 Å². The van der Waals surface area contributed by atoms with Crippen LogP contribution in [0.15, 0.2) is 42.5 Å². The van der Waals surface area contributed by atoms with Crippen LogP contribution in [0.4, 0.5) is 11.4 Å². The molecule has 0 saturated carbocycles. The van der Waals surface area contributed by atoms with E-state index < -0.39 is 0 Å². The van der Waals surface area contributed by atoms with Crippen LogP contribution in [-0.2, 0) is 0 Å². The standard InChI is InChI=1S/C18H22N2O/c1-4-11-20(17-9-7-16(19)8-10-17)18(21)15-6-5-13(2)14(3)12-15/h5-10,12H,4,11,19H2,1-3H3. The zero-order valence-electron chi connectivity index (χ0n) is 12.9. The minimum absolute atomic E-state index is 0.0321. The molecule has 110 valence electrons. The van der Waals surface area contributed by atoms with E-state index in [1.165, 1.54) is 5.56 Å². The quantitative estimate of drug-likeness (QED) is 0.863. The summed E-state index contributed by atoms with van der Waals surface area (Å²) in [6.07, 6.45) is 0.904. The molecule has 0 saturated heterocycles. The molecule has 2 rings (SSSR count). The van der Waals surface area contributed by atoms with E-state index in [-0.39, 0.29) is 5.91 Å². The molecule has 3 heteroatoms. The molecule has 3 nitrogen and oxygen atoms in total. The number of rotatable bonds is 4. The normalized spacial score (nSPS) is 10.4. The van der Waals surface area contributed by atoms with Gasteiger partial charge < -0.3 is 10.6 Å². The van der Waals surface area contributed by atoms with Crippen LogP contribution in [-0.4, -0.2) is 12.5 Å². The van der Waals surface area contributed by atoms with Crippen molar-refractivity contribution in [2.45, 2.75) is 27.2 Å². The first-order valence-electron chi connectivity index (χ1n) is 7.27. The summed E-state index contributed by atoms with van der Waals surface area (Å²) in [6, 6.07) is 13.3. The molecule has 0 bridgehead atoms. The zero-order valence-corrected chi connectivity index (χ0v) is 12.9. The van der Waals surface area contributed by atoms with E-state index >= 15 is 0 Å². The van der Waals surface area contributed by atoms with Crippen LogP contribution < -0.4 is 10.6 Å².